The van der Waals surface area contributed by atoms with Gasteiger partial charge in [0.05, 0.1) is 12.1 Å². The van der Waals surface area contributed by atoms with Crippen molar-refractivity contribution in [3.63, 3.8) is 0 Å². The van der Waals surface area contributed by atoms with Gasteiger partial charge in [-0.15, -0.1) is 0 Å². The first-order valence-electron chi connectivity index (χ1n) is 4.42. The van der Waals surface area contributed by atoms with Gasteiger partial charge in [0.2, 0.25) is 0 Å². The van der Waals surface area contributed by atoms with Gasteiger partial charge in [-0.05, 0) is 36.5 Å². The zero-order valence-electron chi connectivity index (χ0n) is 7.23. The van der Waals surface area contributed by atoms with E-state index >= 15 is 0 Å². The highest BCUT2D eigenvalue weighted by atomic mass is 16.4. The molecule has 1 heterocycles. The van der Waals surface area contributed by atoms with E-state index in [0.29, 0.717) is 11.6 Å². The first-order valence-corrected chi connectivity index (χ1v) is 4.42. The second-order valence-corrected chi connectivity index (χ2v) is 3.43. The lowest BCUT2D eigenvalue weighted by molar-refractivity contribution is -0.136. The van der Waals surface area contributed by atoms with E-state index < -0.39 is 5.97 Å². The van der Waals surface area contributed by atoms with Gasteiger partial charge in [0.25, 0.3) is 0 Å². The minimum absolute atomic E-state index is 0.0283. The Morgan fingerprint density at radius 2 is 2.38 bits per heavy atom. The van der Waals surface area contributed by atoms with E-state index in [1.54, 1.807) is 6.20 Å². The summed E-state index contributed by atoms with van der Waals surface area (Å²) in [7, 11) is 0. The summed E-state index contributed by atoms with van der Waals surface area (Å²) in [6.07, 6.45) is 4.19. The number of hydrogen-bond donors (Lipinski definition) is 1. The van der Waals surface area contributed by atoms with Crippen LogP contribution in [-0.4, -0.2) is 16.1 Å². The Morgan fingerprint density at radius 3 is 3.00 bits per heavy atom. The Balaban J connectivity index is 2.16. The van der Waals surface area contributed by atoms with Crippen LogP contribution in [0.15, 0.2) is 18.3 Å². The SMILES string of the molecule is O=C(O)Cc1cc(C2CC2)ccn1. The Kier molecular flexibility index (Phi) is 2.00. The number of hydrogen-bond acceptors (Lipinski definition) is 2. The van der Waals surface area contributed by atoms with Gasteiger partial charge < -0.3 is 5.11 Å². The van der Waals surface area contributed by atoms with Crippen LogP contribution in [0, 0.1) is 0 Å². The summed E-state index contributed by atoms with van der Waals surface area (Å²) in [5.74, 6) is -0.156. The van der Waals surface area contributed by atoms with Crippen molar-refractivity contribution in [2.75, 3.05) is 0 Å². The van der Waals surface area contributed by atoms with Gasteiger partial charge in [-0.1, -0.05) is 0 Å². The van der Waals surface area contributed by atoms with Gasteiger partial charge >= 0.3 is 5.97 Å². The molecule has 0 radical (unpaired) electrons. The van der Waals surface area contributed by atoms with Gasteiger partial charge in [0, 0.05) is 6.20 Å². The Labute approximate surface area is 76.4 Å². The molecule has 1 aliphatic rings. The number of rotatable bonds is 3. The van der Waals surface area contributed by atoms with Gasteiger partial charge in [-0.3, -0.25) is 9.78 Å². The molecule has 0 aromatic carbocycles. The molecule has 1 aliphatic carbocycles. The quantitative estimate of drug-likeness (QED) is 0.762. The van der Waals surface area contributed by atoms with Gasteiger partial charge in [-0.2, -0.15) is 0 Å². The third kappa shape index (κ3) is 2.05. The molecule has 2 rings (SSSR count). The maximum atomic E-state index is 10.4. The van der Waals surface area contributed by atoms with E-state index in [2.05, 4.69) is 4.98 Å². The summed E-state index contributed by atoms with van der Waals surface area (Å²) in [5.41, 5.74) is 1.91. The first kappa shape index (κ1) is 8.23. The van der Waals surface area contributed by atoms with Crippen LogP contribution in [0.5, 0.6) is 0 Å². The summed E-state index contributed by atoms with van der Waals surface area (Å²) < 4.78 is 0. The van der Waals surface area contributed by atoms with Crippen LogP contribution in [0.3, 0.4) is 0 Å². The molecule has 3 heteroatoms. The maximum absolute atomic E-state index is 10.4. The minimum Gasteiger partial charge on any atom is -0.481 e. The third-order valence-electron chi connectivity index (χ3n) is 2.22. The molecule has 0 saturated heterocycles. The van der Waals surface area contributed by atoms with E-state index in [9.17, 15) is 4.79 Å². The Morgan fingerprint density at radius 1 is 1.62 bits per heavy atom. The molecule has 13 heavy (non-hydrogen) atoms. The zero-order chi connectivity index (χ0) is 9.26. The maximum Gasteiger partial charge on any atom is 0.309 e. The number of aromatic nitrogens is 1. The standard InChI is InChI=1S/C10H11NO2/c12-10(13)6-9-5-8(3-4-11-9)7-1-2-7/h3-5,7H,1-2,6H2,(H,12,13). The molecule has 0 aliphatic heterocycles. The van der Waals surface area contributed by atoms with Crippen LogP contribution in [-0.2, 0) is 11.2 Å². The average Bonchev–Trinajstić information content (AvgIpc) is 2.85. The van der Waals surface area contributed by atoms with Crippen molar-refractivity contribution in [1.29, 1.82) is 0 Å². The van der Waals surface area contributed by atoms with Crippen LogP contribution in [0.25, 0.3) is 0 Å². The zero-order valence-corrected chi connectivity index (χ0v) is 7.23. The molecular formula is C10H11NO2. The Bertz CT molecular complexity index is 331. The fourth-order valence-electron chi connectivity index (χ4n) is 1.42. The molecule has 1 fully saturated rings. The van der Waals surface area contributed by atoms with Crippen LogP contribution < -0.4 is 0 Å². The number of nitrogens with zero attached hydrogens (tertiary/aromatic N) is 1. The van der Waals surface area contributed by atoms with Crippen molar-refractivity contribution in [2.45, 2.75) is 25.2 Å². The minimum atomic E-state index is -0.819. The van der Waals surface area contributed by atoms with Crippen LogP contribution >= 0.6 is 0 Å². The van der Waals surface area contributed by atoms with E-state index in [-0.39, 0.29) is 6.42 Å². The Hall–Kier alpha value is -1.38. The number of carboxylic acids is 1. The molecule has 0 unspecified atom stereocenters. The van der Waals surface area contributed by atoms with E-state index in [4.69, 9.17) is 5.11 Å². The van der Waals surface area contributed by atoms with E-state index in [1.807, 2.05) is 12.1 Å². The number of carbonyl (C=O) groups is 1. The molecule has 0 amide bonds. The molecule has 1 N–H and O–H groups in total. The van der Waals surface area contributed by atoms with Gasteiger partial charge in [0.1, 0.15) is 0 Å². The van der Waals surface area contributed by atoms with Crippen molar-refractivity contribution >= 4 is 5.97 Å². The summed E-state index contributed by atoms with van der Waals surface area (Å²) in [6.45, 7) is 0. The summed E-state index contributed by atoms with van der Waals surface area (Å²) >= 11 is 0. The summed E-state index contributed by atoms with van der Waals surface area (Å²) in [6, 6.07) is 3.88. The second kappa shape index (κ2) is 3.17. The van der Waals surface area contributed by atoms with Crippen LogP contribution in [0.2, 0.25) is 0 Å². The predicted molar refractivity (Wildman–Crippen MR) is 47.6 cm³/mol. The average molecular weight is 177 g/mol. The molecule has 1 aromatic rings. The van der Waals surface area contributed by atoms with Crippen molar-refractivity contribution in [3.8, 4) is 0 Å². The summed E-state index contributed by atoms with van der Waals surface area (Å²) in [4.78, 5) is 14.4. The fraction of sp³-hybridized carbons (Fsp3) is 0.400. The first-order chi connectivity index (χ1) is 6.25. The van der Waals surface area contributed by atoms with Gasteiger partial charge in [0.15, 0.2) is 0 Å². The highest BCUT2D eigenvalue weighted by Crippen LogP contribution is 2.39. The van der Waals surface area contributed by atoms with Crippen LogP contribution in [0.1, 0.15) is 30.0 Å². The lowest BCUT2D eigenvalue weighted by atomic mass is 10.1. The highest BCUT2D eigenvalue weighted by molar-refractivity contribution is 5.69. The molecule has 0 atom stereocenters. The largest absolute Gasteiger partial charge is 0.481 e. The molecule has 3 nitrogen and oxygen atoms in total. The normalized spacial score (nSPS) is 15.7. The van der Waals surface area contributed by atoms with Crippen molar-refractivity contribution in [1.82, 2.24) is 4.98 Å². The van der Waals surface area contributed by atoms with Gasteiger partial charge in [-0.25, -0.2) is 0 Å². The molecular weight excluding hydrogens is 166 g/mol. The number of aliphatic carboxylic acids is 1. The molecule has 1 aromatic heterocycles. The van der Waals surface area contributed by atoms with E-state index in [0.717, 1.165) is 0 Å². The lowest BCUT2D eigenvalue weighted by Crippen LogP contribution is -2.02. The smallest absolute Gasteiger partial charge is 0.309 e. The van der Waals surface area contributed by atoms with Crippen molar-refractivity contribution in [2.24, 2.45) is 0 Å². The molecule has 0 bridgehead atoms. The molecule has 1 saturated carbocycles. The topological polar surface area (TPSA) is 50.2 Å². The van der Waals surface area contributed by atoms with Crippen molar-refractivity contribution < 1.29 is 9.90 Å². The second-order valence-electron chi connectivity index (χ2n) is 3.43. The third-order valence-corrected chi connectivity index (χ3v) is 2.22. The predicted octanol–water partition coefficient (Wildman–Crippen LogP) is 1.59. The summed E-state index contributed by atoms with van der Waals surface area (Å²) in [5, 5.41) is 8.57. The molecule has 68 valence electrons. The number of carboxylic acid groups (broad SMARTS) is 1. The van der Waals surface area contributed by atoms with Crippen LogP contribution in [0.4, 0.5) is 0 Å². The highest BCUT2D eigenvalue weighted by Gasteiger charge is 2.23. The number of pyridine rings is 1. The van der Waals surface area contributed by atoms with E-state index in [1.165, 1.54) is 18.4 Å². The monoisotopic (exact) mass is 177 g/mol. The van der Waals surface area contributed by atoms with Crippen molar-refractivity contribution in [3.05, 3.63) is 29.6 Å². The lowest BCUT2D eigenvalue weighted by Gasteiger charge is -1.99. The molecule has 0 spiro atoms. The fourth-order valence-corrected chi connectivity index (χ4v) is 1.42.